The molecule has 0 aliphatic heterocycles. The summed E-state index contributed by atoms with van der Waals surface area (Å²) >= 11 is 7.26. The van der Waals surface area contributed by atoms with Crippen LogP contribution in [0.25, 0.3) is 11.2 Å². The zero-order valence-electron chi connectivity index (χ0n) is 14.0. The zero-order chi connectivity index (χ0) is 18.6. The first-order valence-electron chi connectivity index (χ1n) is 8.13. The number of nitrogens with one attached hydrogen (secondary N) is 2. The van der Waals surface area contributed by atoms with Gasteiger partial charge in [-0.2, -0.15) is 0 Å². The molecular weight excluding hydrogens is 382 g/mol. The van der Waals surface area contributed by atoms with Gasteiger partial charge >= 0.3 is 0 Å². The highest BCUT2D eigenvalue weighted by Crippen LogP contribution is 2.37. The number of amides is 1. The van der Waals surface area contributed by atoms with Gasteiger partial charge in [-0.15, -0.1) is 0 Å². The van der Waals surface area contributed by atoms with Gasteiger partial charge in [-0.25, -0.2) is 15.0 Å². The van der Waals surface area contributed by atoms with Gasteiger partial charge in [-0.1, -0.05) is 53.7 Å². The van der Waals surface area contributed by atoms with E-state index < -0.39 is 5.25 Å². The monoisotopic (exact) mass is 395 g/mol. The molecule has 8 heteroatoms. The predicted molar refractivity (Wildman–Crippen MR) is 107 cm³/mol. The Kier molecular flexibility index (Phi) is 5.04. The van der Waals surface area contributed by atoms with E-state index in [0.29, 0.717) is 26.9 Å². The lowest BCUT2D eigenvalue weighted by Gasteiger charge is -2.17. The quantitative estimate of drug-likeness (QED) is 0.384. The molecule has 0 radical (unpaired) electrons. The average molecular weight is 396 g/mol. The van der Waals surface area contributed by atoms with E-state index in [1.165, 1.54) is 18.1 Å². The lowest BCUT2D eigenvalue weighted by atomic mass is 10.1. The summed E-state index contributed by atoms with van der Waals surface area (Å²) in [5, 5.41) is 3.73. The number of nitrogens with zero attached hydrogens (tertiary/aromatic N) is 3. The molecule has 0 spiro atoms. The molecule has 0 aliphatic carbocycles. The molecule has 0 bridgehead atoms. The fraction of sp³-hybridized carbons (Fsp3) is 0.0526. The van der Waals surface area contributed by atoms with Crippen LogP contribution >= 0.6 is 23.4 Å². The molecule has 0 saturated heterocycles. The molecule has 1 amide bonds. The van der Waals surface area contributed by atoms with Gasteiger partial charge in [-0.05, 0) is 29.8 Å². The predicted octanol–water partition coefficient (Wildman–Crippen LogP) is 4.48. The maximum atomic E-state index is 13.0. The fourth-order valence-electron chi connectivity index (χ4n) is 2.59. The van der Waals surface area contributed by atoms with E-state index in [-0.39, 0.29) is 5.91 Å². The second kappa shape index (κ2) is 7.77. The van der Waals surface area contributed by atoms with E-state index in [2.05, 4.69) is 25.3 Å². The Morgan fingerprint density at radius 1 is 1.04 bits per heavy atom. The summed E-state index contributed by atoms with van der Waals surface area (Å²) in [6, 6.07) is 16.6. The summed E-state index contributed by atoms with van der Waals surface area (Å²) in [4.78, 5) is 28.7. The molecule has 2 N–H and O–H groups in total. The van der Waals surface area contributed by atoms with E-state index in [1.54, 1.807) is 30.6 Å². The first-order chi connectivity index (χ1) is 13.2. The van der Waals surface area contributed by atoms with Crippen LogP contribution in [0.1, 0.15) is 10.8 Å². The number of imidazole rings is 1. The van der Waals surface area contributed by atoms with Crippen LogP contribution in [0.3, 0.4) is 0 Å². The molecule has 2 aromatic heterocycles. The number of aromatic nitrogens is 4. The minimum atomic E-state index is -0.497. The number of aromatic amines is 1. The number of anilines is 1. The van der Waals surface area contributed by atoms with Gasteiger partial charge in [0, 0.05) is 10.7 Å². The summed E-state index contributed by atoms with van der Waals surface area (Å²) in [5.41, 5.74) is 2.83. The van der Waals surface area contributed by atoms with Crippen LogP contribution in [0.2, 0.25) is 5.02 Å². The highest BCUT2D eigenvalue weighted by atomic mass is 35.5. The number of hydrogen-bond acceptors (Lipinski definition) is 5. The van der Waals surface area contributed by atoms with Crippen LogP contribution in [-0.2, 0) is 4.79 Å². The number of rotatable bonds is 5. The maximum absolute atomic E-state index is 13.0. The van der Waals surface area contributed by atoms with Crippen molar-refractivity contribution in [3.63, 3.8) is 0 Å². The number of carbonyl (C=O) groups is 1. The maximum Gasteiger partial charge on any atom is 0.242 e. The van der Waals surface area contributed by atoms with Crippen LogP contribution in [0.4, 0.5) is 5.69 Å². The van der Waals surface area contributed by atoms with Crippen molar-refractivity contribution in [3.05, 3.63) is 77.8 Å². The second-order valence-corrected chi connectivity index (χ2v) is 7.21. The normalized spacial score (nSPS) is 12.0. The van der Waals surface area contributed by atoms with Gasteiger partial charge < -0.3 is 10.3 Å². The number of carbonyl (C=O) groups excluding carboxylic acids is 1. The molecule has 2 heterocycles. The molecule has 2 aromatic carbocycles. The van der Waals surface area contributed by atoms with Gasteiger partial charge in [0.1, 0.15) is 22.1 Å². The zero-order valence-corrected chi connectivity index (χ0v) is 15.5. The van der Waals surface area contributed by atoms with Crippen molar-refractivity contribution >= 4 is 46.1 Å². The van der Waals surface area contributed by atoms with Crippen LogP contribution in [0, 0.1) is 0 Å². The third-order valence-corrected chi connectivity index (χ3v) is 5.38. The largest absolute Gasteiger partial charge is 0.341 e. The molecule has 0 fully saturated rings. The molecule has 1 atom stereocenters. The highest BCUT2D eigenvalue weighted by molar-refractivity contribution is 8.00. The fourth-order valence-corrected chi connectivity index (χ4v) is 3.77. The number of benzene rings is 2. The molecule has 6 nitrogen and oxygen atoms in total. The highest BCUT2D eigenvalue weighted by Gasteiger charge is 2.24. The second-order valence-electron chi connectivity index (χ2n) is 5.68. The summed E-state index contributed by atoms with van der Waals surface area (Å²) < 4.78 is 0. The van der Waals surface area contributed by atoms with Crippen LogP contribution in [-0.4, -0.2) is 25.8 Å². The molecular formula is C19H14ClN5OS. The van der Waals surface area contributed by atoms with Crippen LogP contribution in [0.15, 0.2) is 72.3 Å². The topological polar surface area (TPSA) is 83.6 Å². The van der Waals surface area contributed by atoms with E-state index in [0.717, 1.165) is 5.56 Å². The summed E-state index contributed by atoms with van der Waals surface area (Å²) in [5.74, 6) is -0.153. The van der Waals surface area contributed by atoms with Gasteiger partial charge in [0.15, 0.2) is 5.65 Å². The number of fused-ring (bicyclic) bond motifs is 1. The van der Waals surface area contributed by atoms with Crippen molar-refractivity contribution in [2.24, 2.45) is 0 Å². The van der Waals surface area contributed by atoms with Gasteiger partial charge in [0.2, 0.25) is 5.91 Å². The molecule has 27 heavy (non-hydrogen) atoms. The molecule has 4 rings (SSSR count). The molecule has 0 unspecified atom stereocenters. The van der Waals surface area contributed by atoms with Crippen molar-refractivity contribution in [3.8, 4) is 0 Å². The number of hydrogen-bond donors (Lipinski definition) is 2. The minimum Gasteiger partial charge on any atom is -0.341 e. The van der Waals surface area contributed by atoms with Crippen molar-refractivity contribution in [2.45, 2.75) is 10.3 Å². The minimum absolute atomic E-state index is 0.153. The Morgan fingerprint density at radius 3 is 2.59 bits per heavy atom. The molecule has 4 aromatic rings. The Morgan fingerprint density at radius 2 is 1.81 bits per heavy atom. The molecule has 134 valence electrons. The first-order valence-corrected chi connectivity index (χ1v) is 9.38. The van der Waals surface area contributed by atoms with Crippen LogP contribution < -0.4 is 5.32 Å². The lowest BCUT2D eigenvalue weighted by Crippen LogP contribution is -2.19. The number of halogens is 1. The Balaban J connectivity index is 1.66. The lowest BCUT2D eigenvalue weighted by molar-refractivity contribution is -0.115. The Hall–Kier alpha value is -2.90. The number of H-pyrrole nitrogens is 1. The average Bonchev–Trinajstić information content (AvgIpc) is 3.18. The van der Waals surface area contributed by atoms with E-state index in [9.17, 15) is 4.79 Å². The van der Waals surface area contributed by atoms with Crippen molar-refractivity contribution in [1.29, 1.82) is 0 Å². The Labute approximate surface area is 164 Å². The summed E-state index contributed by atoms with van der Waals surface area (Å²) in [6.45, 7) is 0. The third-order valence-electron chi connectivity index (χ3n) is 3.87. The smallest absolute Gasteiger partial charge is 0.242 e. The molecule has 0 saturated carbocycles. The van der Waals surface area contributed by atoms with E-state index in [1.807, 2.05) is 30.3 Å². The first kappa shape index (κ1) is 17.5. The SMILES string of the molecule is O=C(Nc1ccc(Cl)cc1)[C@@H](Sc1ncnc2nc[nH]c12)c1ccccc1. The number of thioether (sulfide) groups is 1. The standard InChI is InChI=1S/C19H14ClN5OS/c20-13-6-8-14(9-7-13)25-18(26)16(12-4-2-1-3-5-12)27-19-15-17(22-10-21-15)23-11-24-19/h1-11,16H,(H,25,26)(H,21,22,23,24)/t16-/m0/s1. The third kappa shape index (κ3) is 3.94. The van der Waals surface area contributed by atoms with Crippen LogP contribution in [0.5, 0.6) is 0 Å². The van der Waals surface area contributed by atoms with Gasteiger partial charge in [-0.3, -0.25) is 4.79 Å². The summed E-state index contributed by atoms with van der Waals surface area (Å²) in [7, 11) is 0. The molecule has 0 aliphatic rings. The summed E-state index contributed by atoms with van der Waals surface area (Å²) in [6.07, 6.45) is 3.01. The van der Waals surface area contributed by atoms with E-state index >= 15 is 0 Å². The van der Waals surface area contributed by atoms with Crippen molar-refractivity contribution < 1.29 is 4.79 Å². The van der Waals surface area contributed by atoms with Crippen molar-refractivity contribution in [1.82, 2.24) is 19.9 Å². The van der Waals surface area contributed by atoms with Gasteiger partial charge in [0.25, 0.3) is 0 Å². The van der Waals surface area contributed by atoms with Gasteiger partial charge in [0.05, 0.1) is 6.33 Å². The van der Waals surface area contributed by atoms with E-state index in [4.69, 9.17) is 11.6 Å². The van der Waals surface area contributed by atoms with Crippen molar-refractivity contribution in [2.75, 3.05) is 5.32 Å². The Bertz CT molecular complexity index is 1070.